The summed E-state index contributed by atoms with van der Waals surface area (Å²) in [4.78, 5) is 15.7. The number of fused-ring (bicyclic) bond motifs is 5. The molecular weight excluding hydrogens is 592 g/mol. The van der Waals surface area contributed by atoms with Crippen LogP contribution in [0.4, 0.5) is 0 Å². The summed E-state index contributed by atoms with van der Waals surface area (Å²) >= 11 is 0. The van der Waals surface area contributed by atoms with Crippen molar-refractivity contribution < 1.29 is 40.8 Å². The van der Waals surface area contributed by atoms with E-state index >= 15 is 0 Å². The highest BCUT2D eigenvalue weighted by atomic mass is 79.9. The molecule has 0 bridgehead atoms. The van der Waals surface area contributed by atoms with Crippen molar-refractivity contribution in [3.8, 4) is 0 Å². The van der Waals surface area contributed by atoms with Crippen molar-refractivity contribution in [1.29, 1.82) is 0 Å². The van der Waals surface area contributed by atoms with Crippen LogP contribution >= 0.6 is 0 Å². The Morgan fingerprint density at radius 1 is 1.07 bits per heavy atom. The molecule has 0 radical (unpaired) electrons. The monoisotopic (exact) mass is 650 g/mol. The first-order valence-electron chi connectivity index (χ1n) is 17.4. The Bertz CT molecular complexity index is 951. The maximum absolute atomic E-state index is 13.2. The Morgan fingerprint density at radius 2 is 1.81 bits per heavy atom. The van der Waals surface area contributed by atoms with Gasteiger partial charge in [0.15, 0.2) is 6.10 Å². The van der Waals surface area contributed by atoms with Crippen LogP contribution in [0.15, 0.2) is 12.7 Å². The van der Waals surface area contributed by atoms with Gasteiger partial charge in [0, 0.05) is 37.4 Å². The fourth-order valence-electron chi connectivity index (χ4n) is 11.7. The minimum Gasteiger partial charge on any atom is -1.00 e. The maximum Gasteiger partial charge on any atom is 0.306 e. The van der Waals surface area contributed by atoms with Gasteiger partial charge in [-0.25, -0.2) is 0 Å². The molecule has 0 amide bonds. The number of hydrogen-bond acceptors (Lipinski definition) is 5. The van der Waals surface area contributed by atoms with E-state index in [0.717, 1.165) is 56.6 Å². The SMILES string of the molecule is C=CC[N+]1([C@H]2CC3C4CC[C@H]5C[C@H](O)[C@@H](N6CCOCC6)C[C@]5(C)C4CC[C@]3(C)[C@H]2OC(=O)CCC)CCCCC1.[Br-]. The second-order valence-corrected chi connectivity index (χ2v) is 15.6. The zero-order valence-corrected chi connectivity index (χ0v) is 28.4. The van der Waals surface area contributed by atoms with Crippen molar-refractivity contribution in [3.05, 3.63) is 12.7 Å². The van der Waals surface area contributed by atoms with E-state index in [2.05, 4.69) is 38.3 Å². The van der Waals surface area contributed by atoms with Gasteiger partial charge in [0.1, 0.15) is 6.04 Å². The molecule has 2 saturated heterocycles. The largest absolute Gasteiger partial charge is 1.00 e. The fourth-order valence-corrected chi connectivity index (χ4v) is 11.7. The highest BCUT2D eigenvalue weighted by Crippen LogP contribution is 2.67. The normalized spacial score (nSPS) is 45.0. The summed E-state index contributed by atoms with van der Waals surface area (Å²) in [5, 5.41) is 11.3. The topological polar surface area (TPSA) is 59.0 Å². The van der Waals surface area contributed by atoms with Gasteiger partial charge in [0.05, 0.1) is 39.0 Å². The van der Waals surface area contributed by atoms with E-state index in [0.29, 0.717) is 36.1 Å². The molecule has 0 aromatic rings. The smallest absolute Gasteiger partial charge is 0.306 e. The molecule has 10 atom stereocenters. The van der Waals surface area contributed by atoms with Gasteiger partial charge in [-0.2, -0.15) is 0 Å². The van der Waals surface area contributed by atoms with Crippen LogP contribution < -0.4 is 17.0 Å². The van der Waals surface area contributed by atoms with Crippen LogP contribution in [0, 0.1) is 34.5 Å². The van der Waals surface area contributed by atoms with Crippen LogP contribution in [-0.4, -0.2) is 90.7 Å². The molecule has 2 heterocycles. The zero-order chi connectivity index (χ0) is 28.8. The molecule has 4 aliphatic carbocycles. The van der Waals surface area contributed by atoms with Crippen molar-refractivity contribution in [2.45, 2.75) is 122 Å². The lowest BCUT2D eigenvalue weighted by Gasteiger charge is -2.62. The molecule has 1 N–H and O–H groups in total. The molecule has 6 fully saturated rings. The van der Waals surface area contributed by atoms with Crippen molar-refractivity contribution >= 4 is 5.97 Å². The average molecular weight is 652 g/mol. The standard InChI is InChI=1S/C35H59N2O4.BrH/c1-5-10-32(39)41-33-30(37(17-6-2)18-8-7-9-19-37)23-28-26-12-11-25-22-31(38)29(36-15-20-40-21-16-36)24-35(25,4)27(26)13-14-34(28,33)3;/h6,25-31,33,38H,2,5,7-24H2,1,3-4H3;1H/q+1;/p-1/t25-,26?,27?,28?,29-,30-,31-,33-,34-,35-;/m0./s1. The number of carbonyl (C=O) groups excluding carboxylic acids is 1. The second-order valence-electron chi connectivity index (χ2n) is 15.6. The van der Waals surface area contributed by atoms with E-state index in [4.69, 9.17) is 9.47 Å². The fraction of sp³-hybridized carbons (Fsp3) is 0.914. The van der Waals surface area contributed by atoms with E-state index in [1.807, 2.05) is 0 Å². The van der Waals surface area contributed by atoms with Crippen LogP contribution in [0.2, 0.25) is 0 Å². The number of esters is 1. The number of likely N-dealkylation sites (tertiary alicyclic amines) is 1. The van der Waals surface area contributed by atoms with Crippen molar-refractivity contribution in [2.24, 2.45) is 34.5 Å². The number of aliphatic hydroxyl groups excluding tert-OH is 1. The molecule has 0 aromatic heterocycles. The van der Waals surface area contributed by atoms with E-state index in [1.54, 1.807) is 0 Å². The lowest BCUT2D eigenvalue weighted by atomic mass is 9.44. The highest BCUT2D eigenvalue weighted by molar-refractivity contribution is 5.69. The van der Waals surface area contributed by atoms with Gasteiger partial charge in [-0.15, -0.1) is 0 Å². The first-order valence-corrected chi connectivity index (χ1v) is 17.4. The Morgan fingerprint density at radius 3 is 2.50 bits per heavy atom. The lowest BCUT2D eigenvalue weighted by Crippen LogP contribution is -3.00. The van der Waals surface area contributed by atoms with Crippen LogP contribution in [0.5, 0.6) is 0 Å². The Kier molecular flexibility index (Phi) is 10.3. The number of rotatable bonds is 7. The summed E-state index contributed by atoms with van der Waals surface area (Å²) in [5.41, 5.74) is 0.331. The summed E-state index contributed by atoms with van der Waals surface area (Å²) in [7, 11) is 0. The van der Waals surface area contributed by atoms with Gasteiger partial charge < -0.3 is 36.0 Å². The second kappa shape index (κ2) is 13.1. The van der Waals surface area contributed by atoms with Gasteiger partial charge in [0.25, 0.3) is 0 Å². The number of carbonyl (C=O) groups is 1. The van der Waals surface area contributed by atoms with Gasteiger partial charge in [-0.1, -0.05) is 27.4 Å². The number of halogens is 1. The number of quaternary nitrogens is 1. The molecule has 7 heteroatoms. The number of ether oxygens (including phenoxy) is 2. The number of aliphatic hydroxyl groups is 1. The van der Waals surface area contributed by atoms with Crippen molar-refractivity contribution in [3.63, 3.8) is 0 Å². The zero-order valence-electron chi connectivity index (χ0n) is 26.8. The first kappa shape index (κ1) is 32.9. The maximum atomic E-state index is 13.2. The molecule has 4 saturated carbocycles. The van der Waals surface area contributed by atoms with Gasteiger partial charge in [0.2, 0.25) is 0 Å². The molecule has 2 aliphatic heterocycles. The minimum absolute atomic E-state index is 0. The highest BCUT2D eigenvalue weighted by Gasteiger charge is 2.67. The number of morpholine rings is 1. The predicted molar refractivity (Wildman–Crippen MR) is 162 cm³/mol. The summed E-state index contributed by atoms with van der Waals surface area (Å²) in [6.45, 7) is 18.3. The summed E-state index contributed by atoms with van der Waals surface area (Å²) < 4.78 is 13.4. The number of nitrogens with zero attached hydrogens (tertiary/aromatic N) is 2. The number of hydrogen-bond donors (Lipinski definition) is 1. The predicted octanol–water partition coefficient (Wildman–Crippen LogP) is 2.58. The van der Waals surface area contributed by atoms with Crippen LogP contribution in [0.3, 0.4) is 0 Å². The number of piperidine rings is 1. The average Bonchev–Trinajstić information content (AvgIpc) is 3.27. The summed E-state index contributed by atoms with van der Waals surface area (Å²) in [6.07, 6.45) is 15.4. The molecule has 0 spiro atoms. The van der Waals surface area contributed by atoms with E-state index in [1.165, 1.54) is 64.5 Å². The third-order valence-corrected chi connectivity index (χ3v) is 13.7. The Balaban J connectivity index is 0.00000353. The molecule has 6 rings (SSSR count). The van der Waals surface area contributed by atoms with Gasteiger partial charge in [-0.3, -0.25) is 9.69 Å². The van der Waals surface area contributed by atoms with Crippen LogP contribution in [0.1, 0.15) is 97.8 Å². The van der Waals surface area contributed by atoms with Crippen molar-refractivity contribution in [1.82, 2.24) is 4.90 Å². The summed E-state index contributed by atoms with van der Waals surface area (Å²) in [6, 6.07) is 0.656. The quantitative estimate of drug-likeness (QED) is 0.261. The molecular formula is C35H59BrN2O4. The molecule has 0 aromatic carbocycles. The van der Waals surface area contributed by atoms with Gasteiger partial charge >= 0.3 is 5.97 Å². The summed E-state index contributed by atoms with van der Waals surface area (Å²) in [5.74, 6) is 2.65. The van der Waals surface area contributed by atoms with Crippen LogP contribution in [0.25, 0.3) is 0 Å². The Hall–Kier alpha value is -0.470. The molecule has 42 heavy (non-hydrogen) atoms. The first-order chi connectivity index (χ1) is 19.8. The molecule has 6 nitrogen and oxygen atoms in total. The lowest BCUT2D eigenvalue weighted by molar-refractivity contribution is -0.952. The molecule has 6 aliphatic rings. The Labute approximate surface area is 266 Å². The van der Waals surface area contributed by atoms with E-state index in [9.17, 15) is 9.90 Å². The molecule has 240 valence electrons. The van der Waals surface area contributed by atoms with Crippen molar-refractivity contribution in [2.75, 3.05) is 45.9 Å². The van der Waals surface area contributed by atoms with E-state index in [-0.39, 0.29) is 52.0 Å². The van der Waals surface area contributed by atoms with Crippen LogP contribution in [-0.2, 0) is 14.3 Å². The molecule has 3 unspecified atom stereocenters. The van der Waals surface area contributed by atoms with E-state index < -0.39 is 0 Å². The minimum atomic E-state index is -0.211. The van der Waals surface area contributed by atoms with Gasteiger partial charge in [-0.05, 0) is 99.4 Å². The third-order valence-electron chi connectivity index (χ3n) is 13.7. The third kappa shape index (κ3) is 5.58.